The van der Waals surface area contributed by atoms with E-state index in [1.165, 1.54) is 11.8 Å². The fourth-order valence-electron chi connectivity index (χ4n) is 3.39. The third-order valence-electron chi connectivity index (χ3n) is 4.42. The zero-order chi connectivity index (χ0) is 21.4. The van der Waals surface area contributed by atoms with E-state index in [2.05, 4.69) is 5.32 Å². The lowest BCUT2D eigenvalue weighted by atomic mass is 9.98. The summed E-state index contributed by atoms with van der Waals surface area (Å²) in [5.41, 5.74) is -0.314. The predicted molar refractivity (Wildman–Crippen MR) is 105 cm³/mol. The molecule has 0 fully saturated rings. The molecule has 0 aliphatic carbocycles. The van der Waals surface area contributed by atoms with Crippen molar-refractivity contribution in [1.29, 1.82) is 0 Å². The highest BCUT2D eigenvalue weighted by Gasteiger charge is 2.46. The molecule has 1 aromatic rings. The molecule has 0 saturated carbocycles. The summed E-state index contributed by atoms with van der Waals surface area (Å²) in [5.74, 6) is -2.08. The molecular weight excluding hydrogens is 386 g/mol. The van der Waals surface area contributed by atoms with Crippen LogP contribution in [0.3, 0.4) is 0 Å². The Hall–Kier alpha value is -2.62. The molecule has 0 radical (unpaired) electrons. The number of hydrogen-bond acceptors (Lipinski definition) is 5. The van der Waals surface area contributed by atoms with Gasteiger partial charge in [-0.05, 0) is 39.8 Å². The first-order valence-corrected chi connectivity index (χ1v) is 10.7. The average molecular weight is 411 g/mol. The fraction of sp³-hybridized carbons (Fsp3) is 0.500. The van der Waals surface area contributed by atoms with Gasteiger partial charge in [0.2, 0.25) is 11.8 Å². The van der Waals surface area contributed by atoms with Crippen LogP contribution in [0.15, 0.2) is 24.3 Å². The van der Waals surface area contributed by atoms with E-state index in [1.54, 1.807) is 45.0 Å². The van der Waals surface area contributed by atoms with Gasteiger partial charge < -0.3 is 15.3 Å². The number of anilines is 2. The van der Waals surface area contributed by atoms with Crippen LogP contribution in [0.1, 0.15) is 27.7 Å². The number of carboxylic acid groups (broad SMARTS) is 1. The molecule has 0 spiro atoms. The Morgan fingerprint density at radius 2 is 1.82 bits per heavy atom. The van der Waals surface area contributed by atoms with Crippen LogP contribution in [-0.4, -0.2) is 66.0 Å². The molecule has 1 heterocycles. The van der Waals surface area contributed by atoms with E-state index >= 15 is 0 Å². The van der Waals surface area contributed by atoms with Crippen LogP contribution in [0.5, 0.6) is 0 Å². The first-order valence-electron chi connectivity index (χ1n) is 8.66. The number of benzene rings is 1. The summed E-state index contributed by atoms with van der Waals surface area (Å²) in [6, 6.07) is 4.28. The Kier molecular flexibility index (Phi) is 5.74. The maximum Gasteiger partial charge on any atom is 0.408 e. The van der Waals surface area contributed by atoms with E-state index in [0.29, 0.717) is 11.4 Å². The third-order valence-corrected chi connectivity index (χ3v) is 5.19. The number of fused-ring (bicyclic) bond motifs is 1. The minimum Gasteiger partial charge on any atom is -0.465 e. The van der Waals surface area contributed by atoms with Gasteiger partial charge in [0.1, 0.15) is 11.8 Å². The largest absolute Gasteiger partial charge is 0.465 e. The molecular formula is C18H25N3O6S. The van der Waals surface area contributed by atoms with Crippen molar-refractivity contribution in [3.63, 3.8) is 0 Å². The number of carbonyl (C=O) groups is 3. The lowest BCUT2D eigenvalue weighted by molar-refractivity contribution is -0.123. The van der Waals surface area contributed by atoms with Crippen molar-refractivity contribution in [3.05, 3.63) is 24.3 Å². The minimum atomic E-state index is -3.63. The molecule has 2 rings (SSSR count). The lowest BCUT2D eigenvalue weighted by Crippen LogP contribution is -2.63. The van der Waals surface area contributed by atoms with Gasteiger partial charge in [-0.25, -0.2) is 13.2 Å². The highest BCUT2D eigenvalue weighted by atomic mass is 32.2. The summed E-state index contributed by atoms with van der Waals surface area (Å²) >= 11 is 0. The van der Waals surface area contributed by atoms with E-state index < -0.39 is 51.1 Å². The molecule has 2 N–H and O–H groups in total. The highest BCUT2D eigenvalue weighted by Crippen LogP contribution is 2.34. The smallest absolute Gasteiger partial charge is 0.408 e. The van der Waals surface area contributed by atoms with Crippen molar-refractivity contribution in [1.82, 2.24) is 4.90 Å². The Labute approximate surface area is 164 Å². The molecule has 0 aromatic heterocycles. The van der Waals surface area contributed by atoms with Gasteiger partial charge in [-0.1, -0.05) is 12.1 Å². The maximum atomic E-state index is 13.0. The Morgan fingerprint density at radius 1 is 1.25 bits per heavy atom. The summed E-state index contributed by atoms with van der Waals surface area (Å²) in [7, 11) is -3.63. The molecule has 1 aliphatic rings. The number of nitrogens with zero attached hydrogens (tertiary/aromatic N) is 2. The van der Waals surface area contributed by atoms with Gasteiger partial charge in [0, 0.05) is 11.8 Å². The fourth-order valence-corrected chi connectivity index (χ4v) is 3.97. The van der Waals surface area contributed by atoms with Gasteiger partial charge in [0.05, 0.1) is 17.4 Å². The second-order valence-corrected chi connectivity index (χ2v) is 9.99. The van der Waals surface area contributed by atoms with E-state index in [-0.39, 0.29) is 0 Å². The quantitative estimate of drug-likeness (QED) is 0.778. The number of para-hydroxylation sites is 2. The molecule has 154 valence electrons. The Bertz CT molecular complexity index is 906. The Morgan fingerprint density at radius 3 is 2.32 bits per heavy atom. The number of hydrogen-bond donors (Lipinski definition) is 2. The zero-order valence-corrected chi connectivity index (χ0v) is 17.3. The second-order valence-electron chi connectivity index (χ2n) is 7.85. The van der Waals surface area contributed by atoms with Crippen LogP contribution < -0.4 is 10.2 Å². The first kappa shape index (κ1) is 21.7. The normalized spacial score (nSPS) is 20.0. The molecule has 0 bridgehead atoms. The van der Waals surface area contributed by atoms with Gasteiger partial charge >= 0.3 is 6.09 Å². The lowest BCUT2D eigenvalue weighted by Gasteiger charge is -2.42. The molecule has 10 heteroatoms. The van der Waals surface area contributed by atoms with Crippen LogP contribution in [0.2, 0.25) is 0 Å². The molecule has 1 aliphatic heterocycles. The number of rotatable bonds is 3. The summed E-state index contributed by atoms with van der Waals surface area (Å²) in [4.78, 5) is 40.0. The van der Waals surface area contributed by atoms with Gasteiger partial charge in [-0.2, -0.15) is 0 Å². The maximum absolute atomic E-state index is 13.0. The van der Waals surface area contributed by atoms with E-state index in [0.717, 1.165) is 11.2 Å². The monoisotopic (exact) mass is 411 g/mol. The van der Waals surface area contributed by atoms with Crippen LogP contribution in [-0.2, 0) is 19.4 Å². The van der Waals surface area contributed by atoms with Crippen LogP contribution in [0, 0.1) is 0 Å². The summed E-state index contributed by atoms with van der Waals surface area (Å²) < 4.78 is 23.4. The molecule has 2 atom stereocenters. The summed E-state index contributed by atoms with van der Waals surface area (Å²) in [6.45, 7) is 6.46. The van der Waals surface area contributed by atoms with E-state index in [1.807, 2.05) is 0 Å². The van der Waals surface area contributed by atoms with Crippen molar-refractivity contribution < 1.29 is 27.9 Å². The predicted octanol–water partition coefficient (Wildman–Crippen LogP) is 1.55. The number of nitrogens with one attached hydrogen (secondary N) is 1. The van der Waals surface area contributed by atoms with Crippen molar-refractivity contribution in [2.75, 3.05) is 22.2 Å². The van der Waals surface area contributed by atoms with Crippen molar-refractivity contribution in [2.45, 2.75) is 45.3 Å². The molecule has 28 heavy (non-hydrogen) atoms. The van der Waals surface area contributed by atoms with Crippen molar-refractivity contribution in [3.8, 4) is 0 Å². The summed E-state index contributed by atoms with van der Waals surface area (Å²) in [6.07, 6.45) is -0.375. The van der Waals surface area contributed by atoms with Gasteiger partial charge in [0.15, 0.2) is 9.84 Å². The average Bonchev–Trinajstić information content (AvgIpc) is 2.60. The highest BCUT2D eigenvalue weighted by molar-refractivity contribution is 7.91. The Balaban J connectivity index is 2.65. The molecule has 3 amide bonds. The van der Waals surface area contributed by atoms with Crippen LogP contribution in [0.4, 0.5) is 16.2 Å². The van der Waals surface area contributed by atoms with Crippen LogP contribution >= 0.6 is 0 Å². The van der Waals surface area contributed by atoms with Gasteiger partial charge in [-0.3, -0.25) is 14.5 Å². The van der Waals surface area contributed by atoms with E-state index in [4.69, 9.17) is 0 Å². The third kappa shape index (κ3) is 4.44. The molecule has 0 saturated heterocycles. The zero-order valence-electron chi connectivity index (χ0n) is 16.5. The minimum absolute atomic E-state index is 0.308. The first-order chi connectivity index (χ1) is 12.7. The number of carbonyl (C=O) groups excluding carboxylic acids is 2. The van der Waals surface area contributed by atoms with Gasteiger partial charge in [-0.15, -0.1) is 0 Å². The van der Waals surface area contributed by atoms with Crippen LogP contribution in [0.25, 0.3) is 0 Å². The second kappa shape index (κ2) is 7.42. The molecule has 1 aromatic carbocycles. The number of sulfone groups is 1. The SMILES string of the molecule is C[C@H]1[C@H](N(C(=O)O)C(C)(C)C)C(=O)Nc2ccccc2N1C(=O)CS(C)(=O)=O. The standard InChI is InChI=1S/C18H25N3O6S/c1-11-15(21(17(24)25)18(2,3)4)16(23)19-12-8-6-7-9-13(12)20(11)14(22)10-28(5,26)27/h6-9,11,15H,10H2,1-5H3,(H,19,23)(H,24,25)/t11-,15-/m0/s1. The van der Waals surface area contributed by atoms with E-state index in [9.17, 15) is 27.9 Å². The van der Waals surface area contributed by atoms with Crippen molar-refractivity contribution in [2.24, 2.45) is 0 Å². The molecule has 0 unspecified atom stereocenters. The number of amides is 3. The summed E-state index contributed by atoms with van der Waals surface area (Å²) in [5, 5.41) is 12.4. The van der Waals surface area contributed by atoms with Gasteiger partial charge in [0.25, 0.3) is 0 Å². The van der Waals surface area contributed by atoms with Crippen molar-refractivity contribution >= 4 is 39.1 Å². The molecule has 9 nitrogen and oxygen atoms in total. The topological polar surface area (TPSA) is 124 Å².